The first-order valence-electron chi connectivity index (χ1n) is 9.89. The van der Waals surface area contributed by atoms with Gasteiger partial charge >= 0.3 is 0 Å². The van der Waals surface area contributed by atoms with Crippen molar-refractivity contribution in [2.45, 2.75) is 43.9 Å². The van der Waals surface area contributed by atoms with Crippen LogP contribution in [0.15, 0.2) is 42.5 Å². The Labute approximate surface area is 170 Å². The summed E-state index contributed by atoms with van der Waals surface area (Å²) in [6.45, 7) is 3.61. The summed E-state index contributed by atoms with van der Waals surface area (Å²) in [4.78, 5) is 0. The second kappa shape index (κ2) is 7.38. The Hall–Kier alpha value is -1.96. The van der Waals surface area contributed by atoms with E-state index >= 15 is 0 Å². The Morgan fingerprint density at radius 2 is 1.86 bits per heavy atom. The van der Waals surface area contributed by atoms with Crippen LogP contribution in [0.1, 0.15) is 29.2 Å². The topological polar surface area (TPSA) is 88.4 Å². The van der Waals surface area contributed by atoms with Crippen molar-refractivity contribution < 1.29 is 29.5 Å². The molecule has 0 saturated carbocycles. The van der Waals surface area contributed by atoms with Crippen LogP contribution in [-0.2, 0) is 21.7 Å². The van der Waals surface area contributed by atoms with Crippen LogP contribution in [0.4, 0.5) is 0 Å². The Kier molecular flexibility index (Phi) is 5.17. The van der Waals surface area contributed by atoms with Gasteiger partial charge in [-0.15, -0.1) is 0 Å². The van der Waals surface area contributed by atoms with Crippen molar-refractivity contribution in [2.24, 2.45) is 5.92 Å². The van der Waals surface area contributed by atoms with Crippen molar-refractivity contribution in [1.82, 2.24) is 0 Å². The highest BCUT2D eigenvalue weighted by Gasteiger charge is 2.65. The van der Waals surface area contributed by atoms with Crippen LogP contribution in [0.3, 0.4) is 0 Å². The smallest absolute Gasteiger partial charge is 0.225 e. The van der Waals surface area contributed by atoms with E-state index in [1.54, 1.807) is 14.0 Å². The quantitative estimate of drug-likeness (QED) is 0.711. The minimum Gasteiger partial charge on any atom is -0.497 e. The molecule has 2 aliphatic rings. The fourth-order valence-corrected chi connectivity index (χ4v) is 4.35. The van der Waals surface area contributed by atoms with E-state index in [4.69, 9.17) is 14.2 Å². The minimum absolute atomic E-state index is 0.112. The number of aryl methyl sites for hydroxylation is 1. The Balaban J connectivity index is 1.69. The summed E-state index contributed by atoms with van der Waals surface area (Å²) in [5.41, 5.74) is 2.90. The highest BCUT2D eigenvalue weighted by Crippen LogP contribution is 2.51. The van der Waals surface area contributed by atoms with Crippen molar-refractivity contribution >= 4 is 0 Å². The van der Waals surface area contributed by atoms with Crippen molar-refractivity contribution in [3.63, 3.8) is 0 Å². The third-order valence-electron chi connectivity index (χ3n) is 6.51. The van der Waals surface area contributed by atoms with Gasteiger partial charge in [0.05, 0.1) is 26.4 Å². The lowest BCUT2D eigenvalue weighted by Gasteiger charge is -2.47. The molecule has 3 N–H and O–H groups in total. The lowest BCUT2D eigenvalue weighted by atomic mass is 9.78. The van der Waals surface area contributed by atoms with Crippen molar-refractivity contribution in [1.29, 1.82) is 0 Å². The first-order chi connectivity index (χ1) is 13.8. The van der Waals surface area contributed by atoms with E-state index < -0.39 is 29.5 Å². The number of benzene rings is 2. The van der Waals surface area contributed by atoms with Crippen LogP contribution in [0, 0.1) is 12.8 Å². The third-order valence-corrected chi connectivity index (χ3v) is 6.51. The molecule has 0 aliphatic carbocycles. The van der Waals surface area contributed by atoms with Crippen LogP contribution in [0.5, 0.6) is 5.75 Å². The molecule has 0 aromatic heterocycles. The number of fused-ring (bicyclic) bond motifs is 2. The van der Waals surface area contributed by atoms with Crippen LogP contribution >= 0.6 is 0 Å². The van der Waals surface area contributed by atoms with E-state index in [-0.39, 0.29) is 13.2 Å². The molecular formula is C23H28O6. The molecule has 29 heavy (non-hydrogen) atoms. The molecule has 156 valence electrons. The molecule has 0 spiro atoms. The van der Waals surface area contributed by atoms with E-state index in [2.05, 4.69) is 0 Å². The van der Waals surface area contributed by atoms with Crippen molar-refractivity contribution in [3.8, 4) is 5.75 Å². The molecular weight excluding hydrogens is 372 g/mol. The fraction of sp³-hybridized carbons (Fsp3) is 0.478. The number of ether oxygens (including phenoxy) is 3. The first kappa shape index (κ1) is 20.3. The minimum atomic E-state index is -1.49. The largest absolute Gasteiger partial charge is 0.497 e. The summed E-state index contributed by atoms with van der Waals surface area (Å²) in [6, 6.07) is 13.7. The molecule has 0 unspecified atom stereocenters. The molecule has 2 bridgehead atoms. The molecule has 2 aromatic rings. The Morgan fingerprint density at radius 3 is 2.52 bits per heavy atom. The molecule has 5 atom stereocenters. The molecule has 2 fully saturated rings. The Bertz CT molecular complexity index is 881. The molecule has 2 heterocycles. The van der Waals surface area contributed by atoms with E-state index in [1.807, 2.05) is 49.4 Å². The van der Waals surface area contributed by atoms with Crippen LogP contribution < -0.4 is 4.74 Å². The maximum absolute atomic E-state index is 10.9. The maximum Gasteiger partial charge on any atom is 0.225 e. The van der Waals surface area contributed by atoms with Gasteiger partial charge in [0.25, 0.3) is 0 Å². The summed E-state index contributed by atoms with van der Waals surface area (Å²) < 4.78 is 17.4. The number of methoxy groups -OCH3 is 1. The van der Waals surface area contributed by atoms with Gasteiger partial charge in [-0.2, -0.15) is 0 Å². The SMILES string of the molecule is COc1ccc(Cc2cc([C@]34OC[C@](CO)(O3)[C@@H](C)[C@H](O)[C@@H]4O)ccc2C)cc1. The van der Waals surface area contributed by atoms with Gasteiger partial charge in [0.15, 0.2) is 0 Å². The molecule has 6 heteroatoms. The zero-order valence-electron chi connectivity index (χ0n) is 17.0. The number of aliphatic hydroxyl groups is 3. The van der Waals surface area contributed by atoms with E-state index in [9.17, 15) is 15.3 Å². The predicted octanol–water partition coefficient (Wildman–Crippen LogP) is 1.90. The van der Waals surface area contributed by atoms with Gasteiger partial charge in [-0.05, 0) is 48.2 Å². The molecule has 6 nitrogen and oxygen atoms in total. The lowest BCUT2D eigenvalue weighted by molar-refractivity contribution is -0.318. The van der Waals surface area contributed by atoms with Gasteiger partial charge in [0.2, 0.25) is 5.79 Å². The highest BCUT2D eigenvalue weighted by molar-refractivity contribution is 5.39. The molecule has 0 radical (unpaired) electrons. The molecule has 2 aliphatic heterocycles. The van der Waals surface area contributed by atoms with Gasteiger partial charge in [0.1, 0.15) is 17.5 Å². The third kappa shape index (κ3) is 3.16. The number of hydrogen-bond donors (Lipinski definition) is 3. The average molecular weight is 400 g/mol. The van der Waals surface area contributed by atoms with E-state index in [1.165, 1.54) is 0 Å². The summed E-state index contributed by atoms with van der Waals surface area (Å²) >= 11 is 0. The monoisotopic (exact) mass is 400 g/mol. The summed E-state index contributed by atoms with van der Waals surface area (Å²) in [5, 5.41) is 31.4. The van der Waals surface area contributed by atoms with Crippen LogP contribution in [0.2, 0.25) is 0 Å². The van der Waals surface area contributed by atoms with Gasteiger partial charge in [-0.1, -0.05) is 31.2 Å². The second-order valence-corrected chi connectivity index (χ2v) is 8.17. The van der Waals surface area contributed by atoms with Gasteiger partial charge in [-0.3, -0.25) is 0 Å². The van der Waals surface area contributed by atoms with Crippen LogP contribution in [-0.4, -0.2) is 53.5 Å². The zero-order chi connectivity index (χ0) is 20.8. The normalized spacial score (nSPS) is 33.7. The standard InChI is InChI=1S/C23H28O6/c1-14-4-7-18(11-17(14)10-16-5-8-19(27-3)9-6-16)23-21(26)20(25)15(2)22(12-24,29-23)13-28-23/h4-9,11,15,20-21,24-26H,10,12-13H2,1-3H3/t15-,20-,21-,22-,23-/m0/s1. The highest BCUT2D eigenvalue weighted by atomic mass is 16.8. The van der Waals surface area contributed by atoms with Gasteiger partial charge < -0.3 is 29.5 Å². The maximum atomic E-state index is 10.9. The zero-order valence-corrected chi connectivity index (χ0v) is 17.0. The number of aliphatic hydroxyl groups excluding tert-OH is 3. The predicted molar refractivity (Wildman–Crippen MR) is 107 cm³/mol. The molecule has 4 rings (SSSR count). The van der Waals surface area contributed by atoms with Crippen molar-refractivity contribution in [2.75, 3.05) is 20.3 Å². The van der Waals surface area contributed by atoms with Crippen molar-refractivity contribution in [3.05, 3.63) is 64.7 Å². The average Bonchev–Trinajstić information content (AvgIpc) is 3.13. The molecule has 2 saturated heterocycles. The molecule has 0 amide bonds. The van der Waals surface area contributed by atoms with Gasteiger partial charge in [0, 0.05) is 11.5 Å². The summed E-state index contributed by atoms with van der Waals surface area (Å²) in [6.07, 6.45) is -1.62. The fourth-order valence-electron chi connectivity index (χ4n) is 4.35. The Morgan fingerprint density at radius 1 is 1.14 bits per heavy atom. The molecule has 2 aromatic carbocycles. The first-order valence-corrected chi connectivity index (χ1v) is 9.89. The van der Waals surface area contributed by atoms with E-state index in [0.29, 0.717) is 12.0 Å². The van der Waals surface area contributed by atoms with Gasteiger partial charge in [-0.25, -0.2) is 0 Å². The number of hydrogen-bond acceptors (Lipinski definition) is 6. The van der Waals surface area contributed by atoms with Crippen LogP contribution in [0.25, 0.3) is 0 Å². The summed E-state index contributed by atoms with van der Waals surface area (Å²) in [5.74, 6) is -1.14. The lowest BCUT2D eigenvalue weighted by Crippen LogP contribution is -2.61. The van der Waals surface area contributed by atoms with E-state index in [0.717, 1.165) is 22.4 Å². The summed E-state index contributed by atoms with van der Waals surface area (Å²) in [7, 11) is 1.64. The second-order valence-electron chi connectivity index (χ2n) is 8.17. The number of rotatable bonds is 5.